The molecule has 0 atom stereocenters. The number of hydrogen-bond donors (Lipinski definition) is 3. The molecule has 0 aliphatic carbocycles. The van der Waals surface area contributed by atoms with E-state index >= 15 is 0 Å². The Hall–Kier alpha value is -3.81. The fraction of sp³-hybridized carbons (Fsp3) is 0.100. The maximum Gasteiger partial charge on any atom is 0.150 e. The van der Waals surface area contributed by atoms with Crippen molar-refractivity contribution in [2.45, 2.75) is 6.54 Å². The first-order chi connectivity index (χ1) is 13.7. The third-order valence-corrected chi connectivity index (χ3v) is 3.82. The van der Waals surface area contributed by atoms with Crippen LogP contribution in [0.1, 0.15) is 11.1 Å². The second-order valence-corrected chi connectivity index (χ2v) is 5.79. The van der Waals surface area contributed by atoms with Crippen molar-refractivity contribution >= 4 is 23.2 Å². The number of rotatable bonds is 7. The van der Waals surface area contributed by atoms with E-state index in [0.29, 0.717) is 29.7 Å². The van der Waals surface area contributed by atoms with Gasteiger partial charge in [0.1, 0.15) is 23.3 Å². The van der Waals surface area contributed by atoms with Gasteiger partial charge in [0, 0.05) is 31.5 Å². The van der Waals surface area contributed by atoms with E-state index in [-0.39, 0.29) is 5.82 Å². The quantitative estimate of drug-likeness (QED) is 0.547. The van der Waals surface area contributed by atoms with Crippen LogP contribution in [0.3, 0.4) is 0 Å². The van der Waals surface area contributed by atoms with Crippen molar-refractivity contribution in [3.05, 3.63) is 84.2 Å². The largest absolute Gasteiger partial charge is 0.405 e. The number of pyridine rings is 1. The molecule has 0 spiro atoms. The minimum Gasteiger partial charge on any atom is -0.405 e. The van der Waals surface area contributed by atoms with Gasteiger partial charge in [-0.05, 0) is 42.1 Å². The Bertz CT molecular complexity index is 970. The zero-order valence-corrected chi connectivity index (χ0v) is 15.3. The van der Waals surface area contributed by atoms with Crippen molar-refractivity contribution in [3.63, 3.8) is 0 Å². The average molecular weight is 377 g/mol. The molecule has 142 valence electrons. The van der Waals surface area contributed by atoms with Crippen LogP contribution in [0.25, 0.3) is 0 Å². The molecule has 7 nitrogen and oxygen atoms in total. The predicted molar refractivity (Wildman–Crippen MR) is 109 cm³/mol. The molecule has 0 aliphatic heterocycles. The molecule has 0 fully saturated rings. The Balaban J connectivity index is 1.88. The molecular weight excluding hydrogens is 357 g/mol. The highest BCUT2D eigenvalue weighted by atomic mass is 19.1. The summed E-state index contributed by atoms with van der Waals surface area (Å²) in [6, 6.07) is 10.0. The summed E-state index contributed by atoms with van der Waals surface area (Å²) in [6.07, 6.45) is 7.94. The molecule has 8 heteroatoms. The summed E-state index contributed by atoms with van der Waals surface area (Å²) < 4.78 is 13.1. The lowest BCUT2D eigenvalue weighted by Gasteiger charge is -2.12. The Morgan fingerprint density at radius 2 is 1.93 bits per heavy atom. The number of hydrogen-bond acceptors (Lipinski definition) is 7. The van der Waals surface area contributed by atoms with E-state index in [0.717, 1.165) is 11.1 Å². The summed E-state index contributed by atoms with van der Waals surface area (Å²) in [5.74, 6) is 1.50. The SMILES string of the molecule is CN=C(C=CN)c1cc(NCc2ccc(F)cc2)nc(Nc2cnccn2)c1. The number of anilines is 3. The molecule has 0 radical (unpaired) electrons. The van der Waals surface area contributed by atoms with E-state index in [1.165, 1.54) is 18.3 Å². The zero-order chi connectivity index (χ0) is 19.8. The fourth-order valence-electron chi connectivity index (χ4n) is 2.51. The lowest BCUT2D eigenvalue weighted by Crippen LogP contribution is -2.07. The minimum absolute atomic E-state index is 0.267. The third kappa shape index (κ3) is 5.10. The summed E-state index contributed by atoms with van der Waals surface area (Å²) in [7, 11) is 1.69. The van der Waals surface area contributed by atoms with Gasteiger partial charge in [-0.1, -0.05) is 12.1 Å². The average Bonchev–Trinajstić information content (AvgIpc) is 2.72. The summed E-state index contributed by atoms with van der Waals surface area (Å²) >= 11 is 0. The standard InChI is InChI=1S/C20H20FN7/c1-23-17(6-7-22)15-10-18(26-12-14-2-4-16(21)5-3-14)27-19(11-15)28-20-13-24-8-9-25-20/h2-11,13H,12,22H2,1H3,(H2,25,26,27,28). The summed E-state index contributed by atoms with van der Waals surface area (Å²) in [6.45, 7) is 0.493. The number of halogens is 1. The van der Waals surface area contributed by atoms with Gasteiger partial charge in [0.2, 0.25) is 0 Å². The van der Waals surface area contributed by atoms with Crippen molar-refractivity contribution in [2.24, 2.45) is 10.7 Å². The first-order valence-corrected chi connectivity index (χ1v) is 8.57. The molecule has 1 aromatic carbocycles. The van der Waals surface area contributed by atoms with Crippen LogP contribution in [0.2, 0.25) is 0 Å². The molecular formula is C20H20FN7. The molecule has 0 amide bonds. The van der Waals surface area contributed by atoms with Crippen LogP contribution in [0, 0.1) is 5.82 Å². The van der Waals surface area contributed by atoms with Crippen molar-refractivity contribution in [1.82, 2.24) is 15.0 Å². The third-order valence-electron chi connectivity index (χ3n) is 3.82. The zero-order valence-electron chi connectivity index (χ0n) is 15.3. The molecule has 2 aromatic heterocycles. The highest BCUT2D eigenvalue weighted by Gasteiger charge is 2.08. The first kappa shape index (κ1) is 19.0. The summed E-state index contributed by atoms with van der Waals surface area (Å²) in [5, 5.41) is 6.37. The van der Waals surface area contributed by atoms with Crippen molar-refractivity contribution in [1.29, 1.82) is 0 Å². The fourth-order valence-corrected chi connectivity index (χ4v) is 2.51. The molecule has 2 heterocycles. The van der Waals surface area contributed by atoms with Crippen LogP contribution < -0.4 is 16.4 Å². The number of benzene rings is 1. The van der Waals surface area contributed by atoms with Gasteiger partial charge in [-0.2, -0.15) is 0 Å². The Morgan fingerprint density at radius 1 is 1.14 bits per heavy atom. The van der Waals surface area contributed by atoms with Crippen LogP contribution in [-0.2, 0) is 6.54 Å². The number of nitrogens with zero attached hydrogens (tertiary/aromatic N) is 4. The van der Waals surface area contributed by atoms with Gasteiger partial charge in [-0.25, -0.2) is 14.4 Å². The van der Waals surface area contributed by atoms with Crippen LogP contribution in [0.4, 0.5) is 21.8 Å². The van der Waals surface area contributed by atoms with E-state index < -0.39 is 0 Å². The number of aliphatic imine (C=N–C) groups is 1. The van der Waals surface area contributed by atoms with Crippen LogP contribution in [0.5, 0.6) is 0 Å². The monoisotopic (exact) mass is 377 g/mol. The van der Waals surface area contributed by atoms with E-state index in [9.17, 15) is 4.39 Å². The molecule has 28 heavy (non-hydrogen) atoms. The van der Waals surface area contributed by atoms with Crippen molar-refractivity contribution < 1.29 is 4.39 Å². The molecule has 0 saturated carbocycles. The normalized spacial score (nSPS) is 11.6. The molecule has 3 rings (SSSR count). The Labute approximate surface area is 162 Å². The van der Waals surface area contributed by atoms with E-state index in [2.05, 4.69) is 30.6 Å². The van der Waals surface area contributed by atoms with Gasteiger partial charge in [0.05, 0.1) is 11.9 Å². The minimum atomic E-state index is -0.267. The van der Waals surface area contributed by atoms with E-state index in [1.54, 1.807) is 43.8 Å². The van der Waals surface area contributed by atoms with Gasteiger partial charge < -0.3 is 16.4 Å². The van der Waals surface area contributed by atoms with E-state index in [1.807, 2.05) is 12.1 Å². The molecule has 0 aliphatic rings. The molecule has 4 N–H and O–H groups in total. The second kappa shape index (κ2) is 9.22. The second-order valence-electron chi connectivity index (χ2n) is 5.79. The van der Waals surface area contributed by atoms with Gasteiger partial charge in [-0.3, -0.25) is 9.98 Å². The van der Waals surface area contributed by atoms with Gasteiger partial charge in [0.25, 0.3) is 0 Å². The summed E-state index contributed by atoms with van der Waals surface area (Å²) in [5.41, 5.74) is 8.00. The van der Waals surface area contributed by atoms with Gasteiger partial charge >= 0.3 is 0 Å². The van der Waals surface area contributed by atoms with Crippen LogP contribution >= 0.6 is 0 Å². The first-order valence-electron chi connectivity index (χ1n) is 8.57. The van der Waals surface area contributed by atoms with Gasteiger partial charge in [0.15, 0.2) is 0 Å². The highest BCUT2D eigenvalue weighted by Crippen LogP contribution is 2.19. The summed E-state index contributed by atoms with van der Waals surface area (Å²) in [4.78, 5) is 17.1. The molecule has 0 unspecified atom stereocenters. The topological polar surface area (TPSA) is 101 Å². The Morgan fingerprint density at radius 3 is 2.61 bits per heavy atom. The number of aromatic nitrogens is 3. The Kier molecular flexibility index (Phi) is 6.25. The van der Waals surface area contributed by atoms with Crippen LogP contribution in [0.15, 0.2) is 72.3 Å². The smallest absolute Gasteiger partial charge is 0.150 e. The number of nitrogens with one attached hydrogen (secondary N) is 2. The predicted octanol–water partition coefficient (Wildman–Crippen LogP) is 3.26. The van der Waals surface area contributed by atoms with Crippen LogP contribution in [-0.4, -0.2) is 27.7 Å². The van der Waals surface area contributed by atoms with E-state index in [4.69, 9.17) is 5.73 Å². The van der Waals surface area contributed by atoms with Crippen molar-refractivity contribution in [2.75, 3.05) is 17.7 Å². The maximum absolute atomic E-state index is 13.1. The lowest BCUT2D eigenvalue weighted by atomic mass is 10.1. The number of nitrogens with two attached hydrogens (primary N) is 1. The maximum atomic E-state index is 13.1. The lowest BCUT2D eigenvalue weighted by molar-refractivity contribution is 0.627. The molecule has 0 saturated heterocycles. The highest BCUT2D eigenvalue weighted by molar-refractivity contribution is 6.09. The number of allylic oxidation sites excluding steroid dienone is 1. The molecule has 0 bridgehead atoms. The van der Waals surface area contributed by atoms with Gasteiger partial charge in [-0.15, -0.1) is 0 Å². The van der Waals surface area contributed by atoms with Crippen molar-refractivity contribution in [3.8, 4) is 0 Å². The molecule has 3 aromatic rings.